The van der Waals surface area contributed by atoms with Crippen LogP contribution in [0.15, 0.2) is 0 Å². The molecule has 2 fully saturated rings. The standard InChI is InChI=1S/C13H24N2O/c1-9(2)10-7-12(8-10)14-6-5-13(16)15-11-3-4-11/h9-12,14H,3-8H2,1-2H3,(H,15,16). The second kappa shape index (κ2) is 5.17. The topological polar surface area (TPSA) is 41.1 Å². The van der Waals surface area contributed by atoms with Crippen molar-refractivity contribution in [3.8, 4) is 0 Å². The molecule has 2 rings (SSSR count). The summed E-state index contributed by atoms with van der Waals surface area (Å²) in [6.45, 7) is 5.43. The smallest absolute Gasteiger partial charge is 0.221 e. The summed E-state index contributed by atoms with van der Waals surface area (Å²) in [6.07, 6.45) is 5.58. The SMILES string of the molecule is CC(C)C1CC(NCCC(=O)NC2CC2)C1. The Morgan fingerprint density at radius 2 is 1.94 bits per heavy atom. The van der Waals surface area contributed by atoms with E-state index in [2.05, 4.69) is 24.5 Å². The van der Waals surface area contributed by atoms with Crippen LogP contribution in [-0.4, -0.2) is 24.5 Å². The van der Waals surface area contributed by atoms with E-state index >= 15 is 0 Å². The van der Waals surface area contributed by atoms with Crippen LogP contribution >= 0.6 is 0 Å². The third kappa shape index (κ3) is 3.48. The number of carbonyl (C=O) groups is 1. The molecule has 2 N–H and O–H groups in total. The molecular weight excluding hydrogens is 200 g/mol. The fourth-order valence-electron chi connectivity index (χ4n) is 2.29. The highest BCUT2D eigenvalue weighted by molar-refractivity contribution is 5.76. The maximum Gasteiger partial charge on any atom is 0.221 e. The molecule has 2 aliphatic rings. The van der Waals surface area contributed by atoms with Crippen molar-refractivity contribution in [3.63, 3.8) is 0 Å². The van der Waals surface area contributed by atoms with Gasteiger partial charge in [0.2, 0.25) is 5.91 Å². The van der Waals surface area contributed by atoms with Gasteiger partial charge in [0.05, 0.1) is 0 Å². The summed E-state index contributed by atoms with van der Waals surface area (Å²) in [5, 5.41) is 6.48. The number of carbonyl (C=O) groups excluding carboxylic acids is 1. The van der Waals surface area contributed by atoms with Gasteiger partial charge in [0.1, 0.15) is 0 Å². The number of hydrogen-bond donors (Lipinski definition) is 2. The summed E-state index contributed by atoms with van der Waals surface area (Å²) >= 11 is 0. The fourth-order valence-corrected chi connectivity index (χ4v) is 2.29. The third-order valence-electron chi connectivity index (χ3n) is 3.84. The first-order chi connectivity index (χ1) is 7.65. The fraction of sp³-hybridized carbons (Fsp3) is 0.923. The molecule has 0 aliphatic heterocycles. The normalized spacial score (nSPS) is 28.9. The van der Waals surface area contributed by atoms with Crippen LogP contribution < -0.4 is 10.6 Å². The molecule has 0 heterocycles. The Labute approximate surface area is 98.4 Å². The summed E-state index contributed by atoms with van der Waals surface area (Å²) in [4.78, 5) is 11.4. The lowest BCUT2D eigenvalue weighted by Crippen LogP contribution is -2.44. The Morgan fingerprint density at radius 1 is 1.25 bits per heavy atom. The first-order valence-electron chi connectivity index (χ1n) is 6.68. The van der Waals surface area contributed by atoms with E-state index < -0.39 is 0 Å². The van der Waals surface area contributed by atoms with Crippen LogP contribution in [0.5, 0.6) is 0 Å². The van der Waals surface area contributed by atoms with Gasteiger partial charge in [-0.1, -0.05) is 13.8 Å². The zero-order valence-corrected chi connectivity index (χ0v) is 10.5. The molecule has 3 nitrogen and oxygen atoms in total. The molecule has 0 spiro atoms. The average molecular weight is 224 g/mol. The van der Waals surface area contributed by atoms with Crippen molar-refractivity contribution in [2.24, 2.45) is 11.8 Å². The summed E-state index contributed by atoms with van der Waals surface area (Å²) in [6, 6.07) is 1.17. The van der Waals surface area contributed by atoms with Crippen LogP contribution in [0.1, 0.15) is 46.0 Å². The van der Waals surface area contributed by atoms with E-state index in [1.54, 1.807) is 0 Å². The summed E-state index contributed by atoms with van der Waals surface area (Å²) in [5.41, 5.74) is 0. The Balaban J connectivity index is 1.47. The van der Waals surface area contributed by atoms with Gasteiger partial charge < -0.3 is 10.6 Å². The Kier molecular flexibility index (Phi) is 3.85. The second-order valence-electron chi connectivity index (χ2n) is 5.72. The van der Waals surface area contributed by atoms with Gasteiger partial charge in [0.25, 0.3) is 0 Å². The summed E-state index contributed by atoms with van der Waals surface area (Å²) < 4.78 is 0. The molecule has 92 valence electrons. The molecule has 1 amide bonds. The molecular formula is C13H24N2O. The maximum absolute atomic E-state index is 11.4. The van der Waals surface area contributed by atoms with Crippen LogP contribution in [-0.2, 0) is 4.79 Å². The monoisotopic (exact) mass is 224 g/mol. The first-order valence-corrected chi connectivity index (χ1v) is 6.68. The molecule has 0 aromatic rings. The van der Waals surface area contributed by atoms with Gasteiger partial charge in [0, 0.05) is 25.0 Å². The quantitative estimate of drug-likeness (QED) is 0.720. The average Bonchev–Trinajstić information content (AvgIpc) is 2.91. The molecule has 3 heteroatoms. The summed E-state index contributed by atoms with van der Waals surface area (Å²) in [7, 11) is 0. The molecule has 0 aromatic heterocycles. The third-order valence-corrected chi connectivity index (χ3v) is 3.84. The summed E-state index contributed by atoms with van der Waals surface area (Å²) in [5.74, 6) is 1.93. The van der Waals surface area contributed by atoms with E-state index in [1.165, 1.54) is 25.7 Å². The second-order valence-corrected chi connectivity index (χ2v) is 5.72. The lowest BCUT2D eigenvalue weighted by Gasteiger charge is -2.38. The van der Waals surface area contributed by atoms with E-state index in [9.17, 15) is 4.79 Å². The molecule has 0 saturated heterocycles. The number of amides is 1. The van der Waals surface area contributed by atoms with Gasteiger partial charge in [-0.3, -0.25) is 4.79 Å². The van der Waals surface area contributed by atoms with Gasteiger partial charge >= 0.3 is 0 Å². The predicted octanol–water partition coefficient (Wildman–Crippen LogP) is 1.68. The van der Waals surface area contributed by atoms with Crippen LogP contribution in [0, 0.1) is 11.8 Å². The highest BCUT2D eigenvalue weighted by Crippen LogP contribution is 2.33. The highest BCUT2D eigenvalue weighted by Gasteiger charge is 2.30. The van der Waals surface area contributed by atoms with E-state index in [0.29, 0.717) is 18.5 Å². The van der Waals surface area contributed by atoms with Crippen LogP contribution in [0.2, 0.25) is 0 Å². The number of rotatable bonds is 6. The number of hydrogen-bond acceptors (Lipinski definition) is 2. The largest absolute Gasteiger partial charge is 0.353 e. The molecule has 0 aromatic carbocycles. The predicted molar refractivity (Wildman–Crippen MR) is 65.1 cm³/mol. The number of nitrogens with one attached hydrogen (secondary N) is 2. The van der Waals surface area contributed by atoms with Crippen LogP contribution in [0.4, 0.5) is 0 Å². The van der Waals surface area contributed by atoms with E-state index in [-0.39, 0.29) is 5.91 Å². The Hall–Kier alpha value is -0.570. The molecule has 16 heavy (non-hydrogen) atoms. The van der Waals surface area contributed by atoms with E-state index in [4.69, 9.17) is 0 Å². The Morgan fingerprint density at radius 3 is 2.50 bits per heavy atom. The zero-order valence-electron chi connectivity index (χ0n) is 10.5. The van der Waals surface area contributed by atoms with Crippen LogP contribution in [0.3, 0.4) is 0 Å². The minimum atomic E-state index is 0.217. The van der Waals surface area contributed by atoms with Gasteiger partial charge in [-0.15, -0.1) is 0 Å². The van der Waals surface area contributed by atoms with E-state index in [1.807, 2.05) is 0 Å². The van der Waals surface area contributed by atoms with Crippen molar-refractivity contribution in [1.29, 1.82) is 0 Å². The first kappa shape index (κ1) is 11.9. The van der Waals surface area contributed by atoms with Crippen molar-refractivity contribution < 1.29 is 4.79 Å². The zero-order chi connectivity index (χ0) is 11.5. The molecule has 0 radical (unpaired) electrons. The maximum atomic E-state index is 11.4. The van der Waals surface area contributed by atoms with Crippen molar-refractivity contribution in [3.05, 3.63) is 0 Å². The molecule has 2 saturated carbocycles. The van der Waals surface area contributed by atoms with Crippen molar-refractivity contribution >= 4 is 5.91 Å². The van der Waals surface area contributed by atoms with Crippen molar-refractivity contribution in [2.75, 3.05) is 6.54 Å². The van der Waals surface area contributed by atoms with Crippen molar-refractivity contribution in [2.45, 2.75) is 58.0 Å². The van der Waals surface area contributed by atoms with Gasteiger partial charge in [-0.25, -0.2) is 0 Å². The van der Waals surface area contributed by atoms with Gasteiger partial charge in [0.15, 0.2) is 0 Å². The van der Waals surface area contributed by atoms with Crippen LogP contribution in [0.25, 0.3) is 0 Å². The highest BCUT2D eigenvalue weighted by atomic mass is 16.1. The minimum absolute atomic E-state index is 0.217. The lowest BCUT2D eigenvalue weighted by molar-refractivity contribution is -0.121. The molecule has 0 bridgehead atoms. The van der Waals surface area contributed by atoms with Gasteiger partial charge in [-0.05, 0) is 37.5 Å². The Bertz CT molecular complexity index is 242. The minimum Gasteiger partial charge on any atom is -0.353 e. The molecule has 2 aliphatic carbocycles. The van der Waals surface area contributed by atoms with Crippen molar-refractivity contribution in [1.82, 2.24) is 10.6 Å². The van der Waals surface area contributed by atoms with Gasteiger partial charge in [-0.2, -0.15) is 0 Å². The molecule has 0 atom stereocenters. The lowest BCUT2D eigenvalue weighted by atomic mass is 9.74. The molecule has 0 unspecified atom stereocenters. The van der Waals surface area contributed by atoms with E-state index in [0.717, 1.165) is 18.4 Å².